The maximum Gasteiger partial charge on any atom is 0.282 e. The van der Waals surface area contributed by atoms with Gasteiger partial charge in [-0.15, -0.1) is 12.4 Å². The van der Waals surface area contributed by atoms with E-state index in [1.165, 1.54) is 8.61 Å². The van der Waals surface area contributed by atoms with E-state index in [0.717, 1.165) is 0 Å². The van der Waals surface area contributed by atoms with E-state index in [2.05, 4.69) is 5.32 Å². The summed E-state index contributed by atoms with van der Waals surface area (Å²) in [6, 6.07) is -0.321. The van der Waals surface area contributed by atoms with Gasteiger partial charge in [0.15, 0.2) is 0 Å². The van der Waals surface area contributed by atoms with Crippen molar-refractivity contribution in [3.05, 3.63) is 0 Å². The number of nitrogens with one attached hydrogen (secondary N) is 1. The standard InChI is InChI=1S/C15H28N4O5S.ClH/c1-12-9-19(10-13(2)24-12)25(21,22)18-6-4-17(5-7-18)15(20)14-11-23-8-3-16-14;/h12-14,16H,3-11H2,1-2H3;1H. The summed E-state index contributed by atoms with van der Waals surface area (Å²) >= 11 is 0. The van der Waals surface area contributed by atoms with Crippen LogP contribution in [-0.2, 0) is 24.5 Å². The second-order valence-electron chi connectivity index (χ2n) is 6.89. The lowest BCUT2D eigenvalue weighted by atomic mass is 10.2. The van der Waals surface area contributed by atoms with Gasteiger partial charge in [-0.25, -0.2) is 0 Å². The van der Waals surface area contributed by atoms with Crippen molar-refractivity contribution < 1.29 is 22.7 Å². The van der Waals surface area contributed by atoms with Crippen LogP contribution in [0.4, 0.5) is 0 Å². The molecule has 9 nitrogen and oxygen atoms in total. The van der Waals surface area contributed by atoms with E-state index in [1.54, 1.807) is 4.90 Å². The molecule has 0 radical (unpaired) electrons. The lowest BCUT2D eigenvalue weighted by Crippen LogP contribution is -2.60. The number of morpholine rings is 2. The van der Waals surface area contributed by atoms with Crippen molar-refractivity contribution in [2.24, 2.45) is 0 Å². The van der Waals surface area contributed by atoms with Gasteiger partial charge < -0.3 is 19.7 Å². The van der Waals surface area contributed by atoms with Crippen LogP contribution in [0.2, 0.25) is 0 Å². The first-order valence-corrected chi connectivity index (χ1v) is 10.3. The lowest BCUT2D eigenvalue weighted by molar-refractivity contribution is -0.137. The molecule has 0 bridgehead atoms. The number of piperazine rings is 1. The predicted molar refractivity (Wildman–Crippen MR) is 98.5 cm³/mol. The zero-order chi connectivity index (χ0) is 18.0. The summed E-state index contributed by atoms with van der Waals surface area (Å²) in [4.78, 5) is 14.2. The molecule has 152 valence electrons. The van der Waals surface area contributed by atoms with Gasteiger partial charge in [0, 0.05) is 45.8 Å². The zero-order valence-corrected chi connectivity index (χ0v) is 16.9. The monoisotopic (exact) mass is 412 g/mol. The highest BCUT2D eigenvalue weighted by atomic mass is 35.5. The van der Waals surface area contributed by atoms with Crippen LogP contribution >= 0.6 is 12.4 Å². The van der Waals surface area contributed by atoms with E-state index >= 15 is 0 Å². The molecule has 0 saturated carbocycles. The second kappa shape index (κ2) is 9.13. The van der Waals surface area contributed by atoms with Gasteiger partial charge in [0.1, 0.15) is 6.04 Å². The van der Waals surface area contributed by atoms with Gasteiger partial charge in [-0.2, -0.15) is 17.0 Å². The van der Waals surface area contributed by atoms with Crippen molar-refractivity contribution in [3.63, 3.8) is 0 Å². The largest absolute Gasteiger partial charge is 0.378 e. The summed E-state index contributed by atoms with van der Waals surface area (Å²) in [5, 5.41) is 3.15. The molecule has 3 saturated heterocycles. The Morgan fingerprint density at radius 3 is 2.19 bits per heavy atom. The summed E-state index contributed by atoms with van der Waals surface area (Å²) < 4.78 is 39.7. The topological polar surface area (TPSA) is 91.4 Å². The SMILES string of the molecule is CC1CN(S(=O)(=O)N2CCN(C(=O)C3COCCN3)CC2)CC(C)O1.Cl. The average Bonchev–Trinajstić information content (AvgIpc) is 2.61. The number of nitrogens with zero attached hydrogens (tertiary/aromatic N) is 3. The van der Waals surface area contributed by atoms with E-state index in [4.69, 9.17) is 9.47 Å². The van der Waals surface area contributed by atoms with Crippen molar-refractivity contribution in [1.29, 1.82) is 0 Å². The molecule has 0 aromatic rings. The van der Waals surface area contributed by atoms with Crippen molar-refractivity contribution in [2.75, 3.05) is 59.0 Å². The second-order valence-corrected chi connectivity index (χ2v) is 8.82. The Kier molecular flexibility index (Phi) is 7.66. The van der Waals surface area contributed by atoms with Gasteiger partial charge in [0.05, 0.1) is 25.4 Å². The van der Waals surface area contributed by atoms with Crippen LogP contribution in [0, 0.1) is 0 Å². The number of ether oxygens (including phenoxy) is 2. The predicted octanol–water partition coefficient (Wildman–Crippen LogP) is -1.11. The Labute approximate surface area is 161 Å². The van der Waals surface area contributed by atoms with Gasteiger partial charge in [0.25, 0.3) is 10.2 Å². The van der Waals surface area contributed by atoms with Crippen LogP contribution in [-0.4, -0.2) is 105 Å². The summed E-state index contributed by atoms with van der Waals surface area (Å²) in [5.74, 6) is -0.00892. The molecule has 3 fully saturated rings. The molecular formula is C15H29ClN4O5S. The first-order chi connectivity index (χ1) is 11.9. The number of halogens is 1. The van der Waals surface area contributed by atoms with Crippen molar-refractivity contribution in [2.45, 2.75) is 32.1 Å². The Morgan fingerprint density at radius 1 is 1.04 bits per heavy atom. The molecule has 0 spiro atoms. The highest BCUT2D eigenvalue weighted by Gasteiger charge is 2.38. The average molecular weight is 413 g/mol. The normalized spacial score (nSPS) is 32.1. The fourth-order valence-electron chi connectivity index (χ4n) is 3.57. The fourth-order valence-corrected chi connectivity index (χ4v) is 5.31. The Balaban J connectivity index is 0.00000243. The number of rotatable bonds is 3. The first-order valence-electron chi connectivity index (χ1n) is 8.88. The molecular weight excluding hydrogens is 384 g/mol. The Bertz CT molecular complexity index is 569. The zero-order valence-electron chi connectivity index (χ0n) is 15.3. The minimum atomic E-state index is -3.52. The summed E-state index contributed by atoms with van der Waals surface area (Å²) in [6.45, 7) is 7.62. The first kappa shape index (κ1) is 21.8. The highest BCUT2D eigenvalue weighted by molar-refractivity contribution is 7.86. The third-order valence-corrected chi connectivity index (χ3v) is 6.78. The van der Waals surface area contributed by atoms with Crippen LogP contribution in [0.15, 0.2) is 0 Å². The minimum Gasteiger partial charge on any atom is -0.378 e. The molecule has 3 unspecified atom stereocenters. The molecule has 0 aromatic heterocycles. The maximum atomic E-state index is 12.9. The van der Waals surface area contributed by atoms with Gasteiger partial charge in [-0.1, -0.05) is 0 Å². The number of amides is 1. The summed E-state index contributed by atoms with van der Waals surface area (Å²) in [5.41, 5.74) is 0. The molecule has 3 heterocycles. The molecule has 3 atom stereocenters. The number of carbonyl (C=O) groups excluding carboxylic acids is 1. The number of carbonyl (C=O) groups is 1. The molecule has 3 aliphatic heterocycles. The third kappa shape index (κ3) is 4.86. The smallest absolute Gasteiger partial charge is 0.282 e. The van der Waals surface area contributed by atoms with Crippen molar-refractivity contribution >= 4 is 28.5 Å². The maximum absolute atomic E-state index is 12.9. The fraction of sp³-hybridized carbons (Fsp3) is 0.933. The van der Waals surface area contributed by atoms with E-state index in [9.17, 15) is 13.2 Å². The lowest BCUT2D eigenvalue weighted by Gasteiger charge is -2.41. The van der Waals surface area contributed by atoms with Crippen molar-refractivity contribution in [1.82, 2.24) is 18.8 Å². The van der Waals surface area contributed by atoms with Gasteiger partial charge in [0.2, 0.25) is 5.91 Å². The van der Waals surface area contributed by atoms with E-state index in [1.807, 2.05) is 13.8 Å². The molecule has 1 amide bonds. The molecule has 0 aliphatic carbocycles. The molecule has 3 aliphatic rings. The molecule has 3 rings (SSSR count). The summed E-state index contributed by atoms with van der Waals surface area (Å²) in [7, 11) is -3.52. The van der Waals surface area contributed by atoms with Gasteiger partial charge in [-0.05, 0) is 13.8 Å². The highest BCUT2D eigenvalue weighted by Crippen LogP contribution is 2.19. The van der Waals surface area contributed by atoms with Crippen LogP contribution < -0.4 is 5.32 Å². The molecule has 0 aromatic carbocycles. The van der Waals surface area contributed by atoms with Crippen LogP contribution in [0.25, 0.3) is 0 Å². The van der Waals surface area contributed by atoms with Crippen LogP contribution in [0.3, 0.4) is 0 Å². The minimum absolute atomic E-state index is 0. The van der Waals surface area contributed by atoms with Gasteiger partial charge >= 0.3 is 0 Å². The van der Waals surface area contributed by atoms with Gasteiger partial charge in [-0.3, -0.25) is 4.79 Å². The third-order valence-electron chi connectivity index (χ3n) is 4.81. The molecule has 11 heteroatoms. The number of hydrogen-bond donors (Lipinski definition) is 1. The number of hydrogen-bond acceptors (Lipinski definition) is 6. The van der Waals surface area contributed by atoms with Crippen LogP contribution in [0.1, 0.15) is 13.8 Å². The molecule has 1 N–H and O–H groups in total. The van der Waals surface area contributed by atoms with E-state index in [-0.39, 0.29) is 36.6 Å². The van der Waals surface area contributed by atoms with E-state index in [0.29, 0.717) is 59.0 Å². The van der Waals surface area contributed by atoms with Crippen molar-refractivity contribution in [3.8, 4) is 0 Å². The Hall–Kier alpha value is -0.490. The van der Waals surface area contributed by atoms with E-state index < -0.39 is 10.2 Å². The van der Waals surface area contributed by atoms with Crippen LogP contribution in [0.5, 0.6) is 0 Å². The quantitative estimate of drug-likeness (QED) is 0.632. The Morgan fingerprint density at radius 2 is 1.65 bits per heavy atom. The molecule has 26 heavy (non-hydrogen) atoms. The summed E-state index contributed by atoms with van der Waals surface area (Å²) in [6.07, 6.45) is -0.225.